The Bertz CT molecular complexity index is 798. The third-order valence-corrected chi connectivity index (χ3v) is 3.56. The fourth-order valence-corrected chi connectivity index (χ4v) is 2.46. The summed E-state index contributed by atoms with van der Waals surface area (Å²) in [4.78, 5) is 4.25. The second kappa shape index (κ2) is 4.86. The molecule has 1 heterocycles. The molecule has 0 aliphatic rings. The van der Waals surface area contributed by atoms with Gasteiger partial charge in [-0.25, -0.2) is 13.8 Å². The first-order valence-corrected chi connectivity index (χ1v) is 6.69. The van der Waals surface area contributed by atoms with Gasteiger partial charge in [-0.15, -0.1) is 0 Å². The van der Waals surface area contributed by atoms with Crippen LogP contribution in [0.1, 0.15) is 5.56 Å². The standard InChI is InChI=1S/C14H10BrF2N3/c15-9-2-4-13-12(6-9)19-14(18)20(13)7-8-1-3-10(16)11(17)5-8/h1-6H,7H2,(H2,18,19). The van der Waals surface area contributed by atoms with Crippen molar-refractivity contribution in [3.05, 3.63) is 58.1 Å². The summed E-state index contributed by atoms with van der Waals surface area (Å²) in [5, 5.41) is 0. The van der Waals surface area contributed by atoms with Gasteiger partial charge in [-0.2, -0.15) is 0 Å². The van der Waals surface area contributed by atoms with Gasteiger partial charge in [0.05, 0.1) is 17.6 Å². The Kier molecular flexibility index (Phi) is 3.17. The van der Waals surface area contributed by atoms with Crippen LogP contribution in [0.3, 0.4) is 0 Å². The number of nitrogens with two attached hydrogens (primary N) is 1. The molecule has 0 saturated heterocycles. The molecule has 0 atom stereocenters. The van der Waals surface area contributed by atoms with E-state index in [9.17, 15) is 8.78 Å². The normalized spacial score (nSPS) is 11.2. The number of nitrogen functional groups attached to an aromatic ring is 1. The number of anilines is 1. The molecule has 1 aromatic heterocycles. The van der Waals surface area contributed by atoms with Crippen molar-refractivity contribution >= 4 is 32.9 Å². The molecule has 0 spiro atoms. The molecule has 20 heavy (non-hydrogen) atoms. The lowest BCUT2D eigenvalue weighted by atomic mass is 10.2. The van der Waals surface area contributed by atoms with E-state index in [1.807, 2.05) is 18.2 Å². The number of imidazole rings is 1. The minimum atomic E-state index is -0.867. The summed E-state index contributed by atoms with van der Waals surface area (Å²) in [5.74, 6) is -1.39. The van der Waals surface area contributed by atoms with E-state index in [1.165, 1.54) is 12.1 Å². The fraction of sp³-hybridized carbons (Fsp3) is 0.0714. The molecule has 2 N–H and O–H groups in total. The van der Waals surface area contributed by atoms with E-state index in [0.29, 0.717) is 18.1 Å². The van der Waals surface area contributed by atoms with Crippen LogP contribution in [-0.2, 0) is 6.54 Å². The maximum atomic E-state index is 13.2. The van der Waals surface area contributed by atoms with Gasteiger partial charge in [0.25, 0.3) is 0 Å². The lowest BCUT2D eigenvalue weighted by Crippen LogP contribution is -2.05. The van der Waals surface area contributed by atoms with Gasteiger partial charge < -0.3 is 10.3 Å². The third kappa shape index (κ3) is 2.27. The summed E-state index contributed by atoms with van der Waals surface area (Å²) in [6.07, 6.45) is 0. The number of hydrogen-bond donors (Lipinski definition) is 1. The Morgan fingerprint density at radius 3 is 2.65 bits per heavy atom. The minimum absolute atomic E-state index is 0.334. The number of halogens is 3. The maximum Gasteiger partial charge on any atom is 0.201 e. The minimum Gasteiger partial charge on any atom is -0.369 e. The Hall–Kier alpha value is -1.95. The highest BCUT2D eigenvalue weighted by atomic mass is 79.9. The van der Waals surface area contributed by atoms with Crippen molar-refractivity contribution in [2.75, 3.05) is 5.73 Å². The van der Waals surface area contributed by atoms with Gasteiger partial charge in [-0.3, -0.25) is 0 Å². The molecule has 0 bridgehead atoms. The predicted molar refractivity (Wildman–Crippen MR) is 77.3 cm³/mol. The zero-order valence-corrected chi connectivity index (χ0v) is 11.9. The van der Waals surface area contributed by atoms with Crippen LogP contribution < -0.4 is 5.73 Å². The number of fused-ring (bicyclic) bond motifs is 1. The summed E-state index contributed by atoms with van der Waals surface area (Å²) in [7, 11) is 0. The highest BCUT2D eigenvalue weighted by molar-refractivity contribution is 9.10. The quantitative estimate of drug-likeness (QED) is 0.774. The first-order valence-electron chi connectivity index (χ1n) is 5.90. The van der Waals surface area contributed by atoms with Crippen LogP contribution in [0.2, 0.25) is 0 Å². The molecule has 2 aromatic carbocycles. The van der Waals surface area contributed by atoms with E-state index >= 15 is 0 Å². The van der Waals surface area contributed by atoms with E-state index in [4.69, 9.17) is 5.73 Å². The first-order chi connectivity index (χ1) is 9.54. The van der Waals surface area contributed by atoms with Crippen LogP contribution >= 0.6 is 15.9 Å². The molecule has 0 fully saturated rings. The molecule has 0 aliphatic carbocycles. The summed E-state index contributed by atoms with van der Waals surface area (Å²) in [6.45, 7) is 0.334. The van der Waals surface area contributed by atoms with E-state index in [2.05, 4.69) is 20.9 Å². The average Bonchev–Trinajstić information content (AvgIpc) is 2.69. The second-order valence-corrected chi connectivity index (χ2v) is 5.35. The third-order valence-electron chi connectivity index (χ3n) is 3.06. The van der Waals surface area contributed by atoms with Crippen molar-refractivity contribution < 1.29 is 8.78 Å². The van der Waals surface area contributed by atoms with Gasteiger partial charge in [-0.1, -0.05) is 22.0 Å². The van der Waals surface area contributed by atoms with E-state index < -0.39 is 11.6 Å². The topological polar surface area (TPSA) is 43.8 Å². The Morgan fingerprint density at radius 1 is 1.10 bits per heavy atom. The Labute approximate surface area is 122 Å². The smallest absolute Gasteiger partial charge is 0.201 e. The molecular weight excluding hydrogens is 328 g/mol. The van der Waals surface area contributed by atoms with Crippen LogP contribution in [0.15, 0.2) is 40.9 Å². The number of benzene rings is 2. The molecule has 3 nitrogen and oxygen atoms in total. The highest BCUT2D eigenvalue weighted by Crippen LogP contribution is 2.23. The fourth-order valence-electron chi connectivity index (χ4n) is 2.11. The van der Waals surface area contributed by atoms with Crippen LogP contribution in [-0.4, -0.2) is 9.55 Å². The lowest BCUT2D eigenvalue weighted by Gasteiger charge is -2.07. The summed E-state index contributed by atoms with van der Waals surface area (Å²) in [6, 6.07) is 9.42. The molecular formula is C14H10BrF2N3. The molecule has 0 saturated carbocycles. The molecule has 6 heteroatoms. The highest BCUT2D eigenvalue weighted by Gasteiger charge is 2.10. The largest absolute Gasteiger partial charge is 0.369 e. The number of rotatable bonds is 2. The van der Waals surface area contributed by atoms with Crippen LogP contribution in [0.25, 0.3) is 11.0 Å². The number of hydrogen-bond acceptors (Lipinski definition) is 2. The molecule has 0 radical (unpaired) electrons. The molecule has 3 rings (SSSR count). The van der Waals surface area contributed by atoms with Crippen molar-refractivity contribution in [2.24, 2.45) is 0 Å². The monoisotopic (exact) mass is 337 g/mol. The van der Waals surface area contributed by atoms with Gasteiger partial charge >= 0.3 is 0 Å². The summed E-state index contributed by atoms with van der Waals surface area (Å²) in [5.41, 5.74) is 8.10. The SMILES string of the molecule is Nc1nc2cc(Br)ccc2n1Cc1ccc(F)c(F)c1. The van der Waals surface area contributed by atoms with Crippen molar-refractivity contribution in [2.45, 2.75) is 6.54 Å². The maximum absolute atomic E-state index is 13.2. The van der Waals surface area contributed by atoms with E-state index in [-0.39, 0.29) is 0 Å². The van der Waals surface area contributed by atoms with Gasteiger partial charge in [-0.05, 0) is 35.9 Å². The van der Waals surface area contributed by atoms with Crippen molar-refractivity contribution in [1.29, 1.82) is 0 Å². The predicted octanol–water partition coefficient (Wildman–Crippen LogP) is 3.71. The Morgan fingerprint density at radius 2 is 1.90 bits per heavy atom. The average molecular weight is 338 g/mol. The van der Waals surface area contributed by atoms with Gasteiger partial charge in [0.2, 0.25) is 5.95 Å². The van der Waals surface area contributed by atoms with Crippen LogP contribution in [0.5, 0.6) is 0 Å². The van der Waals surface area contributed by atoms with Crippen molar-refractivity contribution in [1.82, 2.24) is 9.55 Å². The van der Waals surface area contributed by atoms with Gasteiger partial charge in [0.1, 0.15) is 0 Å². The van der Waals surface area contributed by atoms with Crippen molar-refractivity contribution in [3.8, 4) is 0 Å². The molecule has 0 amide bonds. The number of nitrogens with zero attached hydrogens (tertiary/aromatic N) is 2. The Balaban J connectivity index is 2.05. The first kappa shape index (κ1) is 13.1. The molecule has 102 valence electrons. The molecule has 0 aliphatic heterocycles. The van der Waals surface area contributed by atoms with Crippen molar-refractivity contribution in [3.63, 3.8) is 0 Å². The number of aromatic nitrogens is 2. The molecule has 3 aromatic rings. The lowest BCUT2D eigenvalue weighted by molar-refractivity contribution is 0.506. The summed E-state index contributed by atoms with van der Waals surface area (Å²) < 4.78 is 28.8. The van der Waals surface area contributed by atoms with Gasteiger partial charge in [0.15, 0.2) is 11.6 Å². The van der Waals surface area contributed by atoms with E-state index in [1.54, 1.807) is 4.57 Å². The zero-order chi connectivity index (χ0) is 14.3. The van der Waals surface area contributed by atoms with Crippen LogP contribution in [0, 0.1) is 11.6 Å². The van der Waals surface area contributed by atoms with Crippen LogP contribution in [0.4, 0.5) is 14.7 Å². The second-order valence-electron chi connectivity index (χ2n) is 4.44. The van der Waals surface area contributed by atoms with Gasteiger partial charge in [0, 0.05) is 4.47 Å². The summed E-state index contributed by atoms with van der Waals surface area (Å²) >= 11 is 3.37. The zero-order valence-electron chi connectivity index (χ0n) is 10.3. The van der Waals surface area contributed by atoms with E-state index in [0.717, 1.165) is 21.6 Å². The molecule has 0 unspecified atom stereocenters.